The van der Waals surface area contributed by atoms with E-state index >= 15 is 0 Å². The second-order valence-electron chi connectivity index (χ2n) is 5.87. The number of nitrogens with one attached hydrogen (secondary N) is 1. The molecule has 1 aromatic carbocycles. The minimum absolute atomic E-state index is 0.0702. The minimum Gasteiger partial charge on any atom is -0.497 e. The molecule has 25 heavy (non-hydrogen) atoms. The lowest BCUT2D eigenvalue weighted by molar-refractivity contribution is -0.143. The predicted octanol–water partition coefficient (Wildman–Crippen LogP) is 1.90. The lowest BCUT2D eigenvalue weighted by atomic mass is 10.0. The van der Waals surface area contributed by atoms with Crippen molar-refractivity contribution in [1.29, 1.82) is 0 Å². The number of rotatable bonds is 8. The third kappa shape index (κ3) is 5.03. The summed E-state index contributed by atoms with van der Waals surface area (Å²) < 4.78 is 10.2. The molecule has 1 atom stereocenters. The van der Waals surface area contributed by atoms with Crippen LogP contribution < -0.4 is 10.1 Å². The van der Waals surface area contributed by atoms with E-state index in [0.29, 0.717) is 11.7 Å². The summed E-state index contributed by atoms with van der Waals surface area (Å²) in [6.45, 7) is 3.47. The average Bonchev–Trinajstić information content (AvgIpc) is 3.06. The molecule has 134 valence electrons. The van der Waals surface area contributed by atoms with Gasteiger partial charge in [0.1, 0.15) is 11.8 Å². The Morgan fingerprint density at radius 3 is 2.52 bits per heavy atom. The first-order chi connectivity index (χ1) is 11.9. The van der Waals surface area contributed by atoms with Crippen molar-refractivity contribution in [3.63, 3.8) is 0 Å². The summed E-state index contributed by atoms with van der Waals surface area (Å²) in [7, 11) is 1.58. The largest absolute Gasteiger partial charge is 0.497 e. The van der Waals surface area contributed by atoms with Gasteiger partial charge in [-0.25, -0.2) is 4.79 Å². The highest BCUT2D eigenvalue weighted by molar-refractivity contribution is 5.83. The molecule has 0 fully saturated rings. The molecule has 0 saturated heterocycles. The monoisotopic (exact) mass is 347 g/mol. The molecule has 0 radical (unpaired) electrons. The van der Waals surface area contributed by atoms with Crippen molar-refractivity contribution in [2.75, 3.05) is 7.11 Å². The van der Waals surface area contributed by atoms with Crippen molar-refractivity contribution in [2.45, 2.75) is 32.7 Å². The number of benzene rings is 1. The molecule has 2 aromatic rings. The molecule has 2 N–H and O–H groups in total. The van der Waals surface area contributed by atoms with Gasteiger partial charge in [-0.2, -0.15) is 4.98 Å². The van der Waals surface area contributed by atoms with Gasteiger partial charge in [-0.15, -0.1) is 0 Å². The Labute approximate surface area is 145 Å². The molecule has 1 heterocycles. The normalized spacial score (nSPS) is 12.0. The van der Waals surface area contributed by atoms with Crippen molar-refractivity contribution in [3.8, 4) is 17.1 Å². The fourth-order valence-corrected chi connectivity index (χ4v) is 2.19. The van der Waals surface area contributed by atoms with E-state index in [-0.39, 0.29) is 24.7 Å². The number of aryl methyl sites for hydroxylation is 1. The van der Waals surface area contributed by atoms with Gasteiger partial charge in [-0.1, -0.05) is 19.0 Å². The minimum atomic E-state index is -1.05. The van der Waals surface area contributed by atoms with Gasteiger partial charge in [0, 0.05) is 18.4 Å². The fraction of sp³-hybridized carbons (Fsp3) is 0.412. The highest BCUT2D eigenvalue weighted by Gasteiger charge is 2.23. The first-order valence-corrected chi connectivity index (χ1v) is 7.90. The maximum Gasteiger partial charge on any atom is 0.326 e. The molecule has 2 rings (SSSR count). The molecule has 0 aliphatic heterocycles. The Bertz CT molecular complexity index is 724. The van der Waals surface area contributed by atoms with E-state index in [1.165, 1.54) is 0 Å². The van der Waals surface area contributed by atoms with Crippen LogP contribution in [0.15, 0.2) is 28.8 Å². The highest BCUT2D eigenvalue weighted by atomic mass is 16.5. The van der Waals surface area contributed by atoms with Crippen LogP contribution in [0, 0.1) is 5.92 Å². The first kappa shape index (κ1) is 18.4. The molecule has 8 heteroatoms. The molecule has 0 spiro atoms. The number of aliphatic carboxylic acids is 1. The highest BCUT2D eigenvalue weighted by Crippen LogP contribution is 2.20. The summed E-state index contributed by atoms with van der Waals surface area (Å²) in [6, 6.07) is 6.28. The Morgan fingerprint density at radius 1 is 1.28 bits per heavy atom. The Kier molecular flexibility index (Phi) is 6.10. The number of methoxy groups -OCH3 is 1. The van der Waals surface area contributed by atoms with Crippen LogP contribution in [0.3, 0.4) is 0 Å². The van der Waals surface area contributed by atoms with Crippen LogP contribution in [0.25, 0.3) is 11.4 Å². The molecular formula is C17H21N3O5. The summed E-state index contributed by atoms with van der Waals surface area (Å²) in [6.07, 6.45) is 0.306. The van der Waals surface area contributed by atoms with E-state index in [1.54, 1.807) is 45.2 Å². The molecule has 8 nitrogen and oxygen atoms in total. The summed E-state index contributed by atoms with van der Waals surface area (Å²) in [5.74, 6) is -0.164. The third-order valence-corrected chi connectivity index (χ3v) is 3.63. The predicted molar refractivity (Wildman–Crippen MR) is 89.0 cm³/mol. The number of ether oxygens (including phenoxy) is 1. The van der Waals surface area contributed by atoms with Crippen molar-refractivity contribution < 1.29 is 24.0 Å². The lowest BCUT2D eigenvalue weighted by Crippen LogP contribution is -2.44. The zero-order chi connectivity index (χ0) is 18.4. The SMILES string of the molecule is COc1ccc(-c2noc(CCC(=O)N[C@H](C(=O)O)C(C)C)n2)cc1. The summed E-state index contributed by atoms with van der Waals surface area (Å²) in [5, 5.41) is 15.5. The third-order valence-electron chi connectivity index (χ3n) is 3.63. The number of nitrogens with zero attached hydrogens (tertiary/aromatic N) is 2. The van der Waals surface area contributed by atoms with Gasteiger partial charge >= 0.3 is 5.97 Å². The van der Waals surface area contributed by atoms with Crippen LogP contribution in [-0.2, 0) is 16.0 Å². The van der Waals surface area contributed by atoms with E-state index in [4.69, 9.17) is 14.4 Å². The topological polar surface area (TPSA) is 115 Å². The Morgan fingerprint density at radius 2 is 1.96 bits per heavy atom. The van der Waals surface area contributed by atoms with Crippen LogP contribution in [-0.4, -0.2) is 40.3 Å². The van der Waals surface area contributed by atoms with E-state index in [1.807, 2.05) is 0 Å². The number of carboxylic acids is 1. The van der Waals surface area contributed by atoms with E-state index in [9.17, 15) is 9.59 Å². The number of amides is 1. The zero-order valence-corrected chi connectivity index (χ0v) is 14.4. The van der Waals surface area contributed by atoms with Gasteiger partial charge < -0.3 is 19.7 Å². The fourth-order valence-electron chi connectivity index (χ4n) is 2.19. The number of carboxylic acid groups (broad SMARTS) is 1. The van der Waals surface area contributed by atoms with E-state index < -0.39 is 12.0 Å². The van der Waals surface area contributed by atoms with Crippen molar-refractivity contribution in [3.05, 3.63) is 30.2 Å². The number of aromatic nitrogens is 2. The van der Waals surface area contributed by atoms with Gasteiger partial charge in [0.15, 0.2) is 0 Å². The molecule has 0 unspecified atom stereocenters. The van der Waals surface area contributed by atoms with Crippen LogP contribution in [0.2, 0.25) is 0 Å². The second-order valence-corrected chi connectivity index (χ2v) is 5.87. The molecule has 1 amide bonds. The number of carbonyl (C=O) groups is 2. The molecule has 0 saturated carbocycles. The molecule has 0 bridgehead atoms. The Balaban J connectivity index is 1.92. The smallest absolute Gasteiger partial charge is 0.326 e. The summed E-state index contributed by atoms with van der Waals surface area (Å²) >= 11 is 0. The molecular weight excluding hydrogens is 326 g/mol. The summed E-state index contributed by atoms with van der Waals surface area (Å²) in [5.41, 5.74) is 0.769. The van der Waals surface area contributed by atoms with Crippen LogP contribution in [0.5, 0.6) is 5.75 Å². The van der Waals surface area contributed by atoms with Crippen molar-refractivity contribution in [1.82, 2.24) is 15.5 Å². The number of hydrogen-bond donors (Lipinski definition) is 2. The van der Waals surface area contributed by atoms with Crippen LogP contribution >= 0.6 is 0 Å². The van der Waals surface area contributed by atoms with Crippen molar-refractivity contribution in [2.24, 2.45) is 5.92 Å². The van der Waals surface area contributed by atoms with Gasteiger partial charge in [0.2, 0.25) is 17.6 Å². The maximum absolute atomic E-state index is 11.9. The lowest BCUT2D eigenvalue weighted by Gasteiger charge is -2.17. The van der Waals surface area contributed by atoms with Gasteiger partial charge in [-0.3, -0.25) is 4.79 Å². The van der Waals surface area contributed by atoms with E-state index in [0.717, 1.165) is 11.3 Å². The first-order valence-electron chi connectivity index (χ1n) is 7.90. The zero-order valence-electron chi connectivity index (χ0n) is 14.4. The summed E-state index contributed by atoms with van der Waals surface area (Å²) in [4.78, 5) is 27.2. The second kappa shape index (κ2) is 8.27. The van der Waals surface area contributed by atoms with Crippen LogP contribution in [0.1, 0.15) is 26.2 Å². The van der Waals surface area contributed by atoms with Gasteiger partial charge in [0.25, 0.3) is 0 Å². The standard InChI is InChI=1S/C17H21N3O5/c1-10(2)15(17(22)23)18-13(21)8-9-14-19-16(20-25-14)11-4-6-12(24-3)7-5-11/h4-7,10,15H,8-9H2,1-3H3,(H,18,21)(H,22,23)/t15-/m0/s1. The van der Waals surface area contributed by atoms with Crippen LogP contribution in [0.4, 0.5) is 0 Å². The van der Waals surface area contributed by atoms with Gasteiger partial charge in [0.05, 0.1) is 7.11 Å². The average molecular weight is 347 g/mol. The molecule has 0 aliphatic carbocycles. The molecule has 0 aliphatic rings. The molecule has 1 aromatic heterocycles. The van der Waals surface area contributed by atoms with Crippen molar-refractivity contribution >= 4 is 11.9 Å². The maximum atomic E-state index is 11.9. The number of carbonyl (C=O) groups excluding carboxylic acids is 1. The quantitative estimate of drug-likeness (QED) is 0.749. The number of hydrogen-bond acceptors (Lipinski definition) is 6. The van der Waals surface area contributed by atoms with E-state index in [2.05, 4.69) is 15.5 Å². The Hall–Kier alpha value is -2.90. The van der Waals surface area contributed by atoms with Gasteiger partial charge in [-0.05, 0) is 30.2 Å².